The molecule has 3 fully saturated rings. The van der Waals surface area contributed by atoms with Crippen molar-refractivity contribution in [3.63, 3.8) is 0 Å². The van der Waals surface area contributed by atoms with E-state index in [1.807, 2.05) is 0 Å². The van der Waals surface area contributed by atoms with Gasteiger partial charge in [0.15, 0.2) is 0 Å². The summed E-state index contributed by atoms with van der Waals surface area (Å²) in [5.41, 5.74) is 5.45. The van der Waals surface area contributed by atoms with Gasteiger partial charge in [-0.05, 0) is 32.1 Å². The van der Waals surface area contributed by atoms with Gasteiger partial charge in [-0.3, -0.25) is 4.79 Å². The first-order valence-corrected chi connectivity index (χ1v) is 8.28. The molecule has 3 N–H and O–H groups in total. The maximum Gasteiger partial charge on any atom is 0.241 e. The average molecular weight is 296 g/mol. The molecule has 120 valence electrons. The Bertz CT molecular complexity index is 406. The summed E-state index contributed by atoms with van der Waals surface area (Å²) < 4.78 is 11.4. The average Bonchev–Trinajstić information content (AvgIpc) is 2.99. The van der Waals surface area contributed by atoms with Crippen LogP contribution in [0.2, 0.25) is 0 Å². The lowest BCUT2D eigenvalue weighted by molar-refractivity contribution is -0.225. The lowest BCUT2D eigenvalue weighted by Crippen LogP contribution is -2.82. The first kappa shape index (κ1) is 15.3. The number of hydrogen-bond donors (Lipinski definition) is 2. The highest BCUT2D eigenvalue weighted by Crippen LogP contribution is 2.57. The number of carbonyl (C=O) groups excluding carboxylic acids is 1. The van der Waals surface area contributed by atoms with E-state index in [-0.39, 0.29) is 23.3 Å². The molecule has 4 unspecified atom stereocenters. The third-order valence-corrected chi connectivity index (χ3v) is 5.84. The minimum Gasteiger partial charge on any atom is -0.378 e. The van der Waals surface area contributed by atoms with E-state index < -0.39 is 5.54 Å². The molecular weight excluding hydrogens is 268 g/mol. The fraction of sp³-hybridized carbons (Fsp3) is 0.938. The summed E-state index contributed by atoms with van der Waals surface area (Å²) in [6.07, 6.45) is 5.54. The van der Waals surface area contributed by atoms with E-state index in [2.05, 4.69) is 19.2 Å². The van der Waals surface area contributed by atoms with Gasteiger partial charge in [-0.1, -0.05) is 13.8 Å². The number of ether oxygens (including phenoxy) is 2. The summed E-state index contributed by atoms with van der Waals surface area (Å²) in [7, 11) is 0. The molecule has 0 aromatic heterocycles. The van der Waals surface area contributed by atoms with Crippen LogP contribution in [0.15, 0.2) is 0 Å². The molecule has 5 heteroatoms. The molecule has 0 aromatic carbocycles. The molecule has 0 spiro atoms. The van der Waals surface area contributed by atoms with Crippen molar-refractivity contribution in [1.29, 1.82) is 0 Å². The molecule has 1 amide bonds. The molecule has 0 aromatic rings. The van der Waals surface area contributed by atoms with E-state index in [9.17, 15) is 4.79 Å². The fourth-order valence-corrected chi connectivity index (χ4v) is 4.40. The van der Waals surface area contributed by atoms with Crippen LogP contribution in [0.4, 0.5) is 0 Å². The predicted octanol–water partition coefficient (Wildman–Crippen LogP) is 1.20. The van der Waals surface area contributed by atoms with Crippen molar-refractivity contribution in [1.82, 2.24) is 5.32 Å². The summed E-state index contributed by atoms with van der Waals surface area (Å²) in [6, 6.07) is 0. The monoisotopic (exact) mass is 296 g/mol. The number of rotatable bonds is 4. The SMILES string of the molecule is CC1(C)C2OCCCC2C1(N)C(=O)NCCC1CCCO1. The van der Waals surface area contributed by atoms with Crippen LogP contribution in [-0.4, -0.2) is 43.4 Å². The molecule has 2 aliphatic heterocycles. The lowest BCUT2D eigenvalue weighted by Gasteiger charge is -2.65. The lowest BCUT2D eigenvalue weighted by atomic mass is 9.46. The molecule has 3 aliphatic rings. The van der Waals surface area contributed by atoms with Crippen LogP contribution >= 0.6 is 0 Å². The Morgan fingerprint density at radius 1 is 1.24 bits per heavy atom. The Kier molecular flexibility index (Phi) is 4.01. The first-order chi connectivity index (χ1) is 9.98. The molecule has 2 saturated heterocycles. The quantitative estimate of drug-likeness (QED) is 0.817. The van der Waals surface area contributed by atoms with Gasteiger partial charge in [0, 0.05) is 31.1 Å². The predicted molar refractivity (Wildman–Crippen MR) is 79.8 cm³/mol. The summed E-state index contributed by atoms with van der Waals surface area (Å²) in [6.45, 7) is 6.41. The Balaban J connectivity index is 1.57. The standard InChI is InChI=1S/C16H28N2O3/c1-15(2)13-12(6-4-10-21-13)16(15,17)14(19)18-8-7-11-5-3-9-20-11/h11-13H,3-10,17H2,1-2H3,(H,18,19). The number of amides is 1. The number of hydrogen-bond acceptors (Lipinski definition) is 4. The van der Waals surface area contributed by atoms with Gasteiger partial charge in [0.25, 0.3) is 0 Å². The van der Waals surface area contributed by atoms with Crippen LogP contribution in [-0.2, 0) is 14.3 Å². The van der Waals surface area contributed by atoms with Gasteiger partial charge in [-0.25, -0.2) is 0 Å². The van der Waals surface area contributed by atoms with Crippen molar-refractivity contribution in [2.75, 3.05) is 19.8 Å². The smallest absolute Gasteiger partial charge is 0.241 e. The normalized spacial score (nSPS) is 41.2. The van der Waals surface area contributed by atoms with E-state index in [0.29, 0.717) is 12.6 Å². The second kappa shape index (κ2) is 5.52. The van der Waals surface area contributed by atoms with Crippen molar-refractivity contribution in [3.8, 4) is 0 Å². The zero-order valence-electron chi connectivity index (χ0n) is 13.2. The van der Waals surface area contributed by atoms with Crippen LogP contribution in [0, 0.1) is 11.3 Å². The molecule has 1 saturated carbocycles. The van der Waals surface area contributed by atoms with Crippen molar-refractivity contribution in [2.45, 2.75) is 63.7 Å². The van der Waals surface area contributed by atoms with Crippen LogP contribution in [0.1, 0.15) is 46.0 Å². The Hall–Kier alpha value is -0.650. The van der Waals surface area contributed by atoms with Crippen molar-refractivity contribution in [2.24, 2.45) is 17.1 Å². The first-order valence-electron chi connectivity index (χ1n) is 8.28. The van der Waals surface area contributed by atoms with Gasteiger partial charge >= 0.3 is 0 Å². The number of carbonyl (C=O) groups is 1. The van der Waals surface area contributed by atoms with Crippen molar-refractivity contribution < 1.29 is 14.3 Å². The highest BCUT2D eigenvalue weighted by Gasteiger charge is 2.70. The van der Waals surface area contributed by atoms with Gasteiger partial charge in [-0.15, -0.1) is 0 Å². The topological polar surface area (TPSA) is 73.6 Å². The summed E-state index contributed by atoms with van der Waals surface area (Å²) in [5.74, 6) is 0.140. The molecular formula is C16H28N2O3. The van der Waals surface area contributed by atoms with E-state index in [0.717, 1.165) is 45.3 Å². The van der Waals surface area contributed by atoms with E-state index in [1.165, 1.54) is 0 Å². The third kappa shape index (κ3) is 2.30. The molecule has 0 radical (unpaired) electrons. The van der Waals surface area contributed by atoms with Gasteiger partial charge in [0.1, 0.15) is 5.54 Å². The van der Waals surface area contributed by atoms with Crippen molar-refractivity contribution in [3.05, 3.63) is 0 Å². The Labute approximate surface area is 126 Å². The zero-order chi connectivity index (χ0) is 15.1. The minimum absolute atomic E-state index is 0.0164. The highest BCUT2D eigenvalue weighted by molar-refractivity contribution is 5.89. The van der Waals surface area contributed by atoms with Gasteiger partial charge in [0.2, 0.25) is 5.91 Å². The second-order valence-electron chi connectivity index (χ2n) is 7.31. The summed E-state index contributed by atoms with van der Waals surface area (Å²) in [5, 5.41) is 3.04. The van der Waals surface area contributed by atoms with Crippen LogP contribution in [0.3, 0.4) is 0 Å². The molecule has 0 bridgehead atoms. The van der Waals surface area contributed by atoms with Gasteiger partial charge in [0.05, 0.1) is 12.2 Å². The Morgan fingerprint density at radius 2 is 1.95 bits per heavy atom. The summed E-state index contributed by atoms with van der Waals surface area (Å²) >= 11 is 0. The number of nitrogens with one attached hydrogen (secondary N) is 1. The van der Waals surface area contributed by atoms with Gasteiger partial charge < -0.3 is 20.5 Å². The van der Waals surface area contributed by atoms with Gasteiger partial charge in [-0.2, -0.15) is 0 Å². The molecule has 2 heterocycles. The van der Waals surface area contributed by atoms with Crippen LogP contribution in [0.25, 0.3) is 0 Å². The number of fused-ring (bicyclic) bond motifs is 1. The van der Waals surface area contributed by atoms with Crippen LogP contribution < -0.4 is 11.1 Å². The van der Waals surface area contributed by atoms with E-state index >= 15 is 0 Å². The van der Waals surface area contributed by atoms with E-state index in [1.54, 1.807) is 0 Å². The largest absolute Gasteiger partial charge is 0.378 e. The summed E-state index contributed by atoms with van der Waals surface area (Å²) in [4.78, 5) is 12.7. The maximum absolute atomic E-state index is 12.7. The fourth-order valence-electron chi connectivity index (χ4n) is 4.40. The van der Waals surface area contributed by atoms with Crippen molar-refractivity contribution >= 4 is 5.91 Å². The second-order valence-corrected chi connectivity index (χ2v) is 7.31. The third-order valence-electron chi connectivity index (χ3n) is 5.84. The Morgan fingerprint density at radius 3 is 2.67 bits per heavy atom. The highest BCUT2D eigenvalue weighted by atomic mass is 16.5. The molecule has 1 aliphatic carbocycles. The molecule has 3 rings (SSSR count). The number of nitrogens with two attached hydrogens (primary N) is 1. The molecule has 21 heavy (non-hydrogen) atoms. The minimum atomic E-state index is -0.797. The molecule has 4 atom stereocenters. The van der Waals surface area contributed by atoms with E-state index in [4.69, 9.17) is 15.2 Å². The zero-order valence-corrected chi connectivity index (χ0v) is 13.2. The molecule has 5 nitrogen and oxygen atoms in total. The maximum atomic E-state index is 12.7. The van der Waals surface area contributed by atoms with Crippen LogP contribution in [0.5, 0.6) is 0 Å².